The molecule has 3 heterocycles. The van der Waals surface area contributed by atoms with Gasteiger partial charge < -0.3 is 83.2 Å². The van der Waals surface area contributed by atoms with Crippen LogP contribution >= 0.6 is 0 Å². The maximum atomic E-state index is 11.9. The minimum atomic E-state index is -1.26. The Morgan fingerprint density at radius 1 is 0.979 bits per heavy atom. The Hall–Kier alpha value is -1.20. The number of carbonyl (C=O) groups is 1. The van der Waals surface area contributed by atoms with Crippen LogP contribution in [-0.2, 0) is 23.7 Å². The monoisotopic (exact) mass is 702 g/mol. The Balaban J connectivity index is 0.000000339. The van der Waals surface area contributed by atoms with Crippen LogP contribution in [0.4, 0.5) is 4.39 Å². The molecule has 1 saturated carbocycles. The topological polar surface area (TPSA) is 304 Å². The number of aliphatic hydroxyl groups is 6. The molecule has 16 N–H and O–H groups in total. The van der Waals surface area contributed by atoms with E-state index in [2.05, 4.69) is 10.6 Å². The summed E-state index contributed by atoms with van der Waals surface area (Å²) in [6.45, 7) is 3.19. The summed E-state index contributed by atoms with van der Waals surface area (Å²) in [6.07, 6.45) is 1.73. The molecule has 13 atom stereocenters. The van der Waals surface area contributed by atoms with Gasteiger partial charge in [0.1, 0.15) is 6.17 Å². The fourth-order valence-electron chi connectivity index (χ4n) is 5.37. The van der Waals surface area contributed by atoms with E-state index in [4.69, 9.17) is 62.3 Å². The van der Waals surface area contributed by atoms with Crippen molar-refractivity contribution in [3.05, 3.63) is 0 Å². The Kier molecular flexibility index (Phi) is 24.0. The Morgan fingerprint density at radius 2 is 1.71 bits per heavy atom. The molecule has 0 aromatic heterocycles. The second-order valence-electron chi connectivity index (χ2n) is 12.5. The number of carbonyl (C=O) groups excluding carboxylic acids is 1. The first kappa shape index (κ1) is 44.8. The van der Waals surface area contributed by atoms with Gasteiger partial charge in [-0.05, 0) is 39.0 Å². The van der Waals surface area contributed by atoms with Crippen LogP contribution in [0.2, 0.25) is 0 Å². The molecule has 286 valence electrons. The van der Waals surface area contributed by atoms with E-state index in [1.54, 1.807) is 0 Å². The van der Waals surface area contributed by atoms with E-state index in [0.29, 0.717) is 51.9 Å². The van der Waals surface area contributed by atoms with Crippen molar-refractivity contribution in [1.29, 1.82) is 0 Å². The number of hydrogen-bond donors (Lipinski definition) is 12. The standard InChI is InChI=1S/C12H22N2O4.C8H17NO4.C6H14N2O2.C4H10FNO/c13-8-3-9(14-7-16)5-11(4-8)18-12-2-1-10(6-15)17-12;10-4-3-9-5-7-6(11)1-2-8(12)13-7;7-2-4-1-6(9)5(8)3-10-4;1-3(7)4(5)2-6/h7-12,15H,1-6,13H2,(H,14,16);6-12H,1-5H2;4-6,9H,1-3,7-8H2;3-4,7H,2,6H2,1H3/t;6-,7?,8-;4-,5+,6?;/m.01./s1. The second-order valence-corrected chi connectivity index (χ2v) is 12.5. The van der Waals surface area contributed by atoms with E-state index in [9.17, 15) is 19.4 Å². The zero-order valence-corrected chi connectivity index (χ0v) is 28.1. The Bertz CT molecular complexity index is 816. The highest BCUT2D eigenvalue weighted by molar-refractivity contribution is 5.46. The molecule has 4 aliphatic rings. The molecule has 4 rings (SSSR count). The number of halogens is 1. The number of alkyl halides is 1. The molecule has 9 unspecified atom stereocenters. The van der Waals surface area contributed by atoms with Crippen molar-refractivity contribution < 1.29 is 58.8 Å². The number of nitrogens with one attached hydrogen (secondary N) is 2. The molecular weight excluding hydrogens is 639 g/mol. The molecule has 3 aliphatic heterocycles. The maximum absolute atomic E-state index is 11.9. The van der Waals surface area contributed by atoms with Crippen LogP contribution < -0.4 is 33.6 Å². The lowest BCUT2D eigenvalue weighted by atomic mass is 9.89. The number of rotatable bonds is 12. The number of ether oxygens (including phenoxy) is 4. The lowest BCUT2D eigenvalue weighted by Gasteiger charge is -2.34. The maximum Gasteiger partial charge on any atom is 0.207 e. The predicted octanol–water partition coefficient (Wildman–Crippen LogP) is -3.99. The highest BCUT2D eigenvalue weighted by Crippen LogP contribution is 2.27. The first-order chi connectivity index (χ1) is 22.9. The predicted molar refractivity (Wildman–Crippen MR) is 174 cm³/mol. The van der Waals surface area contributed by atoms with Crippen LogP contribution in [0.1, 0.15) is 58.3 Å². The average Bonchev–Trinajstić information content (AvgIpc) is 3.52. The Morgan fingerprint density at radius 3 is 2.25 bits per heavy atom. The number of nitrogens with two attached hydrogens (primary N) is 4. The minimum Gasteiger partial charge on any atom is -0.395 e. The summed E-state index contributed by atoms with van der Waals surface area (Å²) < 4.78 is 33.6. The van der Waals surface area contributed by atoms with Crippen molar-refractivity contribution in [1.82, 2.24) is 10.6 Å². The van der Waals surface area contributed by atoms with Crippen LogP contribution in [0.15, 0.2) is 0 Å². The van der Waals surface area contributed by atoms with E-state index < -0.39 is 30.8 Å². The summed E-state index contributed by atoms with van der Waals surface area (Å²) in [5, 5.41) is 59.3. The fraction of sp³-hybridized carbons (Fsp3) is 0.967. The number of aliphatic hydroxyl groups excluding tert-OH is 6. The molecule has 0 bridgehead atoms. The van der Waals surface area contributed by atoms with Gasteiger partial charge >= 0.3 is 0 Å². The molecule has 48 heavy (non-hydrogen) atoms. The van der Waals surface area contributed by atoms with Crippen molar-refractivity contribution >= 4 is 6.41 Å². The van der Waals surface area contributed by atoms with Gasteiger partial charge in [0.15, 0.2) is 12.6 Å². The van der Waals surface area contributed by atoms with Crippen molar-refractivity contribution in [3.8, 4) is 0 Å². The third-order valence-electron chi connectivity index (χ3n) is 8.26. The molecule has 3 saturated heterocycles. The second kappa shape index (κ2) is 25.7. The van der Waals surface area contributed by atoms with Gasteiger partial charge in [-0.2, -0.15) is 0 Å². The fourth-order valence-corrected chi connectivity index (χ4v) is 5.37. The lowest BCUT2D eigenvalue weighted by Crippen LogP contribution is -2.48. The van der Waals surface area contributed by atoms with Crippen molar-refractivity contribution in [2.24, 2.45) is 22.9 Å². The molecule has 0 radical (unpaired) electrons. The molecule has 18 heteroatoms. The molecule has 0 aromatic rings. The van der Waals surface area contributed by atoms with Gasteiger partial charge in [-0.3, -0.25) is 4.79 Å². The summed E-state index contributed by atoms with van der Waals surface area (Å²) >= 11 is 0. The molecule has 17 nitrogen and oxygen atoms in total. The lowest BCUT2D eigenvalue weighted by molar-refractivity contribution is -0.196. The highest BCUT2D eigenvalue weighted by Gasteiger charge is 2.33. The van der Waals surface area contributed by atoms with Gasteiger partial charge in [-0.15, -0.1) is 0 Å². The molecule has 4 fully saturated rings. The van der Waals surface area contributed by atoms with Gasteiger partial charge in [0.2, 0.25) is 6.41 Å². The zero-order valence-electron chi connectivity index (χ0n) is 28.1. The normalized spacial score (nSPS) is 36.1. The van der Waals surface area contributed by atoms with Crippen LogP contribution in [0.25, 0.3) is 0 Å². The van der Waals surface area contributed by atoms with Gasteiger partial charge in [0.25, 0.3) is 0 Å². The summed E-state index contributed by atoms with van der Waals surface area (Å²) in [4.78, 5) is 10.5. The average molecular weight is 703 g/mol. The molecule has 1 amide bonds. The van der Waals surface area contributed by atoms with Gasteiger partial charge in [0.05, 0.1) is 68.6 Å². The molecular formula is C30H63FN6O11. The zero-order chi connectivity index (χ0) is 36.1. The van der Waals surface area contributed by atoms with Gasteiger partial charge in [-0.25, -0.2) is 4.39 Å². The van der Waals surface area contributed by atoms with Crippen LogP contribution in [0, 0.1) is 0 Å². The van der Waals surface area contributed by atoms with Crippen molar-refractivity contribution in [2.75, 3.05) is 46.0 Å². The van der Waals surface area contributed by atoms with E-state index >= 15 is 0 Å². The van der Waals surface area contributed by atoms with Gasteiger partial charge in [0, 0.05) is 57.5 Å². The van der Waals surface area contributed by atoms with Crippen LogP contribution in [0.3, 0.4) is 0 Å². The molecule has 1 aliphatic carbocycles. The smallest absolute Gasteiger partial charge is 0.207 e. The Labute approximate surface area is 282 Å². The summed E-state index contributed by atoms with van der Waals surface area (Å²) in [5.41, 5.74) is 21.6. The van der Waals surface area contributed by atoms with E-state index in [1.165, 1.54) is 6.92 Å². The van der Waals surface area contributed by atoms with E-state index in [1.807, 2.05) is 0 Å². The van der Waals surface area contributed by atoms with Gasteiger partial charge in [-0.1, -0.05) is 0 Å². The summed E-state index contributed by atoms with van der Waals surface area (Å²) in [6, 6.07) is -0.0923. The molecule has 0 spiro atoms. The summed E-state index contributed by atoms with van der Waals surface area (Å²) in [7, 11) is 0. The molecule has 0 aromatic carbocycles. The minimum absolute atomic E-state index is 0.00481. The number of amides is 1. The van der Waals surface area contributed by atoms with Crippen LogP contribution in [0.5, 0.6) is 0 Å². The quantitative estimate of drug-likeness (QED) is 0.0681. The first-order valence-corrected chi connectivity index (χ1v) is 16.8. The highest BCUT2D eigenvalue weighted by atomic mass is 19.1. The van der Waals surface area contributed by atoms with Crippen LogP contribution in [-0.4, -0.2) is 163 Å². The SMILES string of the molecule is CC(O)C(F)CN.NC1CC(NC=O)CC(OC2CCC(CO)O2)C1.NC[C@H]1CC(O)[C@@H](N)CO1.OCCNCC1O[C@H](O)CC[C@@H]1O. The number of hydrogen-bond acceptors (Lipinski definition) is 16. The van der Waals surface area contributed by atoms with Crippen molar-refractivity contribution in [2.45, 2.75) is 138 Å². The third-order valence-corrected chi connectivity index (χ3v) is 8.26. The van der Waals surface area contributed by atoms with E-state index in [-0.39, 0.29) is 68.6 Å². The third kappa shape index (κ3) is 18.7. The summed E-state index contributed by atoms with van der Waals surface area (Å²) in [5.74, 6) is 0. The largest absolute Gasteiger partial charge is 0.395 e. The van der Waals surface area contributed by atoms with Crippen molar-refractivity contribution in [3.63, 3.8) is 0 Å². The first-order valence-electron chi connectivity index (χ1n) is 16.8. The van der Waals surface area contributed by atoms with E-state index in [0.717, 1.165) is 32.1 Å².